The molecule has 2 aliphatic rings. The van der Waals surface area contributed by atoms with Crippen molar-refractivity contribution in [3.05, 3.63) is 82.9 Å². The largest absolute Gasteiger partial charge is 0.476 e. The van der Waals surface area contributed by atoms with Gasteiger partial charge < -0.3 is 19.3 Å². The van der Waals surface area contributed by atoms with Gasteiger partial charge in [-0.25, -0.2) is 27.7 Å². The van der Waals surface area contributed by atoms with Gasteiger partial charge in [0, 0.05) is 39.3 Å². The molecule has 0 radical (unpaired) electrons. The number of halogens is 2. The molecule has 4 heterocycles. The Bertz CT molecular complexity index is 1620. The smallest absolute Gasteiger partial charge is 0.360 e. The van der Waals surface area contributed by atoms with Crippen LogP contribution in [0.5, 0.6) is 0 Å². The maximum Gasteiger partial charge on any atom is 0.360 e. The van der Waals surface area contributed by atoms with Crippen LogP contribution in [0.15, 0.2) is 48.5 Å². The summed E-state index contributed by atoms with van der Waals surface area (Å²) in [4.78, 5) is 27.4. The molecule has 0 aliphatic carbocycles. The standard InChI is InChI=1S/C15H17FN4O3.C14H15FN4O3/c1-22-15(21)14-13(10-19-6-8-23-9-7-19)20(18-17-14)12-5-3-2-4-11(12)16;15-10-3-1-2-4-11(10)19-12(13(14(20)21)16-17-19)9-18-5-7-22-8-6-18/h2-5H,6-10H2,1H3;1-4H,5-9H2,(H,20,21). The van der Waals surface area contributed by atoms with Crippen LogP contribution in [0, 0.1) is 11.6 Å². The van der Waals surface area contributed by atoms with E-state index in [1.165, 1.54) is 28.6 Å². The van der Waals surface area contributed by atoms with E-state index in [9.17, 15) is 23.5 Å². The number of benzene rings is 2. The van der Waals surface area contributed by atoms with E-state index in [1.807, 2.05) is 4.90 Å². The zero-order chi connectivity index (χ0) is 31.8. The van der Waals surface area contributed by atoms with E-state index < -0.39 is 23.6 Å². The number of morpholine rings is 2. The highest BCUT2D eigenvalue weighted by Crippen LogP contribution is 2.20. The minimum absolute atomic E-state index is 0.0993. The van der Waals surface area contributed by atoms with Gasteiger partial charge in [0.2, 0.25) is 0 Å². The highest BCUT2D eigenvalue weighted by Gasteiger charge is 2.26. The molecule has 0 bridgehead atoms. The highest BCUT2D eigenvalue weighted by molar-refractivity contribution is 5.88. The van der Waals surface area contributed by atoms with Crippen molar-refractivity contribution in [3.63, 3.8) is 0 Å². The zero-order valence-corrected chi connectivity index (χ0v) is 24.5. The number of carboxylic acid groups (broad SMARTS) is 1. The monoisotopic (exact) mass is 626 g/mol. The molecule has 16 heteroatoms. The van der Waals surface area contributed by atoms with Gasteiger partial charge in [-0.15, -0.1) is 10.2 Å². The molecule has 0 amide bonds. The molecule has 2 aromatic heterocycles. The van der Waals surface area contributed by atoms with Crippen LogP contribution >= 0.6 is 0 Å². The second kappa shape index (κ2) is 14.9. The third kappa shape index (κ3) is 7.54. The molecule has 2 aliphatic heterocycles. The van der Waals surface area contributed by atoms with Crippen molar-refractivity contribution in [3.8, 4) is 11.4 Å². The van der Waals surface area contributed by atoms with Gasteiger partial charge in [-0.05, 0) is 24.3 Å². The minimum atomic E-state index is -1.18. The van der Waals surface area contributed by atoms with Crippen molar-refractivity contribution < 1.29 is 37.7 Å². The molecule has 0 atom stereocenters. The molecular formula is C29H32F2N8O6. The molecule has 4 aromatic rings. The lowest BCUT2D eigenvalue weighted by Crippen LogP contribution is -2.36. The number of aromatic nitrogens is 6. The lowest BCUT2D eigenvalue weighted by atomic mass is 10.2. The van der Waals surface area contributed by atoms with Gasteiger partial charge in [-0.1, -0.05) is 34.7 Å². The molecule has 238 valence electrons. The maximum atomic E-state index is 14.1. The molecule has 14 nitrogen and oxygen atoms in total. The number of hydrogen-bond acceptors (Lipinski definition) is 11. The van der Waals surface area contributed by atoms with E-state index in [1.54, 1.807) is 36.4 Å². The normalized spacial score (nSPS) is 15.7. The topological polar surface area (TPSA) is 150 Å². The third-order valence-corrected chi connectivity index (χ3v) is 7.22. The molecular weight excluding hydrogens is 594 g/mol. The Balaban J connectivity index is 0.000000178. The fourth-order valence-electron chi connectivity index (χ4n) is 4.88. The summed E-state index contributed by atoms with van der Waals surface area (Å²) in [7, 11) is 1.28. The van der Waals surface area contributed by atoms with Crippen LogP contribution in [-0.2, 0) is 27.3 Å². The first-order valence-corrected chi connectivity index (χ1v) is 14.2. The van der Waals surface area contributed by atoms with E-state index in [4.69, 9.17) is 14.2 Å². The van der Waals surface area contributed by atoms with Gasteiger partial charge in [-0.2, -0.15) is 0 Å². The Hall–Kier alpha value is -4.64. The summed E-state index contributed by atoms with van der Waals surface area (Å²) >= 11 is 0. The van der Waals surface area contributed by atoms with Crippen molar-refractivity contribution in [1.29, 1.82) is 0 Å². The number of methoxy groups -OCH3 is 1. The first-order valence-electron chi connectivity index (χ1n) is 14.2. The van der Waals surface area contributed by atoms with Crippen LogP contribution in [0.25, 0.3) is 11.4 Å². The SMILES string of the molecule is COC(=O)c1nnn(-c2ccccc2F)c1CN1CCOCC1.O=C(O)c1nnn(-c2ccccc2F)c1CN1CCOCC1. The Labute approximate surface area is 256 Å². The van der Waals surface area contributed by atoms with Crippen LogP contribution in [0.4, 0.5) is 8.78 Å². The minimum Gasteiger partial charge on any atom is -0.476 e. The van der Waals surface area contributed by atoms with Crippen LogP contribution < -0.4 is 0 Å². The second-order valence-corrected chi connectivity index (χ2v) is 10.1. The van der Waals surface area contributed by atoms with Crippen LogP contribution in [0.1, 0.15) is 32.4 Å². The highest BCUT2D eigenvalue weighted by atomic mass is 19.1. The number of carbonyl (C=O) groups excluding carboxylic acids is 1. The Morgan fingerprint density at radius 1 is 0.756 bits per heavy atom. The molecule has 0 spiro atoms. The maximum absolute atomic E-state index is 14.1. The summed E-state index contributed by atoms with van der Waals surface area (Å²) in [6, 6.07) is 12.3. The molecule has 0 unspecified atom stereocenters. The van der Waals surface area contributed by atoms with E-state index in [-0.39, 0.29) is 22.8 Å². The van der Waals surface area contributed by atoms with Gasteiger partial charge in [0.05, 0.1) is 44.9 Å². The number of aromatic carboxylic acids is 1. The second-order valence-electron chi connectivity index (χ2n) is 10.1. The summed E-state index contributed by atoms with van der Waals surface area (Å²) in [6.07, 6.45) is 0. The number of nitrogens with zero attached hydrogens (tertiary/aromatic N) is 8. The van der Waals surface area contributed by atoms with E-state index in [0.29, 0.717) is 64.0 Å². The molecule has 6 rings (SSSR count). The predicted octanol–water partition coefficient (Wildman–Crippen LogP) is 1.96. The van der Waals surface area contributed by atoms with Crippen molar-refractivity contribution in [2.45, 2.75) is 13.1 Å². The molecule has 2 fully saturated rings. The van der Waals surface area contributed by atoms with E-state index in [0.717, 1.165) is 13.1 Å². The van der Waals surface area contributed by atoms with Crippen LogP contribution in [0.3, 0.4) is 0 Å². The summed E-state index contributed by atoms with van der Waals surface area (Å²) in [5.74, 6) is -2.67. The Morgan fingerprint density at radius 2 is 1.18 bits per heavy atom. The average Bonchev–Trinajstić information content (AvgIpc) is 3.67. The number of esters is 1. The number of carboxylic acids is 1. The molecule has 45 heavy (non-hydrogen) atoms. The number of ether oxygens (including phenoxy) is 3. The van der Waals surface area contributed by atoms with Crippen molar-refractivity contribution >= 4 is 11.9 Å². The zero-order valence-electron chi connectivity index (χ0n) is 24.5. The molecule has 2 saturated heterocycles. The first-order chi connectivity index (χ1) is 21.9. The average molecular weight is 627 g/mol. The van der Waals surface area contributed by atoms with Crippen molar-refractivity contribution in [1.82, 2.24) is 39.8 Å². The summed E-state index contributed by atoms with van der Waals surface area (Å²) in [6.45, 7) is 5.97. The summed E-state index contributed by atoms with van der Waals surface area (Å²) < 4.78 is 46.0. The lowest BCUT2D eigenvalue weighted by molar-refractivity contribution is 0.0328. The predicted molar refractivity (Wildman–Crippen MR) is 153 cm³/mol. The van der Waals surface area contributed by atoms with E-state index >= 15 is 0 Å². The number of para-hydroxylation sites is 2. The molecule has 1 N–H and O–H groups in total. The number of carbonyl (C=O) groups is 2. The summed E-state index contributed by atoms with van der Waals surface area (Å²) in [5, 5.41) is 24.6. The Morgan fingerprint density at radius 3 is 1.60 bits per heavy atom. The van der Waals surface area contributed by atoms with Gasteiger partial charge >= 0.3 is 11.9 Å². The molecule has 0 saturated carbocycles. The first kappa shape index (κ1) is 31.8. The van der Waals surface area contributed by atoms with Gasteiger partial charge in [0.15, 0.2) is 11.4 Å². The summed E-state index contributed by atoms with van der Waals surface area (Å²) in [5.41, 5.74) is 1.24. The fourth-order valence-corrected chi connectivity index (χ4v) is 4.88. The van der Waals surface area contributed by atoms with Crippen LogP contribution in [-0.4, -0.2) is 117 Å². The fraction of sp³-hybridized carbons (Fsp3) is 0.379. The lowest BCUT2D eigenvalue weighted by Gasteiger charge is -2.26. The third-order valence-electron chi connectivity index (χ3n) is 7.22. The van der Waals surface area contributed by atoms with Gasteiger partial charge in [0.25, 0.3) is 0 Å². The number of rotatable bonds is 8. The van der Waals surface area contributed by atoms with E-state index in [2.05, 4.69) is 25.5 Å². The molecule has 2 aromatic carbocycles. The van der Waals surface area contributed by atoms with Crippen molar-refractivity contribution in [2.24, 2.45) is 0 Å². The number of hydrogen-bond donors (Lipinski definition) is 1. The van der Waals surface area contributed by atoms with Gasteiger partial charge in [-0.3, -0.25) is 9.80 Å². The van der Waals surface area contributed by atoms with Crippen LogP contribution in [0.2, 0.25) is 0 Å². The Kier molecular flexibility index (Phi) is 10.5. The van der Waals surface area contributed by atoms with Gasteiger partial charge in [0.1, 0.15) is 23.0 Å². The van der Waals surface area contributed by atoms with Crippen molar-refractivity contribution in [2.75, 3.05) is 59.7 Å². The quantitative estimate of drug-likeness (QED) is 0.285.